The van der Waals surface area contributed by atoms with Gasteiger partial charge in [0.1, 0.15) is 0 Å². The second-order valence-electron chi connectivity index (χ2n) is 4.26. The van der Waals surface area contributed by atoms with Gasteiger partial charge in [-0.25, -0.2) is 4.98 Å². The van der Waals surface area contributed by atoms with Crippen LogP contribution < -0.4 is 4.90 Å². The van der Waals surface area contributed by atoms with E-state index in [1.807, 2.05) is 11.6 Å². The highest BCUT2D eigenvalue weighted by Gasteiger charge is 2.17. The van der Waals surface area contributed by atoms with Crippen molar-refractivity contribution in [2.75, 3.05) is 37.6 Å². The lowest BCUT2D eigenvalue weighted by Crippen LogP contribution is -2.46. The van der Waals surface area contributed by atoms with Gasteiger partial charge in [-0.3, -0.25) is 4.90 Å². The number of thiazole rings is 1. The van der Waals surface area contributed by atoms with Crippen LogP contribution in [0.2, 0.25) is 0 Å². The molecule has 2 heterocycles. The van der Waals surface area contributed by atoms with Crippen molar-refractivity contribution in [2.45, 2.75) is 19.3 Å². The lowest BCUT2D eigenvalue weighted by molar-refractivity contribution is 0.253. The molecule has 0 atom stereocenters. The molecule has 17 heavy (non-hydrogen) atoms. The SMILES string of the molecule is N#CCCCCN1CCN(c2nccs2)CC1. The monoisotopic (exact) mass is 250 g/mol. The molecule has 1 aromatic heterocycles. The molecular formula is C12H18N4S. The van der Waals surface area contributed by atoms with E-state index in [1.165, 1.54) is 0 Å². The minimum atomic E-state index is 0.694. The number of anilines is 1. The van der Waals surface area contributed by atoms with Crippen molar-refractivity contribution >= 4 is 16.5 Å². The molecule has 1 aromatic rings. The van der Waals surface area contributed by atoms with Crippen LogP contribution in [0.1, 0.15) is 19.3 Å². The van der Waals surface area contributed by atoms with Gasteiger partial charge < -0.3 is 4.90 Å². The molecule has 1 aliphatic rings. The number of unbranched alkanes of at least 4 members (excludes halogenated alkanes) is 2. The largest absolute Gasteiger partial charge is 0.346 e. The topological polar surface area (TPSA) is 43.2 Å². The number of hydrogen-bond acceptors (Lipinski definition) is 5. The van der Waals surface area contributed by atoms with Crippen molar-refractivity contribution in [1.82, 2.24) is 9.88 Å². The fourth-order valence-electron chi connectivity index (χ4n) is 2.07. The molecular weight excluding hydrogens is 232 g/mol. The first-order valence-electron chi connectivity index (χ1n) is 6.14. The number of nitriles is 1. The molecule has 1 aliphatic heterocycles. The second-order valence-corrected chi connectivity index (χ2v) is 5.13. The first-order valence-corrected chi connectivity index (χ1v) is 7.02. The van der Waals surface area contributed by atoms with E-state index in [1.54, 1.807) is 11.3 Å². The fourth-order valence-corrected chi connectivity index (χ4v) is 2.77. The molecule has 0 aliphatic carbocycles. The summed E-state index contributed by atoms with van der Waals surface area (Å²) >= 11 is 1.72. The first kappa shape index (κ1) is 12.3. The predicted octanol–water partition coefficient (Wildman–Crippen LogP) is 1.96. The maximum atomic E-state index is 8.47. The summed E-state index contributed by atoms with van der Waals surface area (Å²) in [6.07, 6.45) is 4.74. The number of aromatic nitrogens is 1. The summed E-state index contributed by atoms with van der Waals surface area (Å²) in [4.78, 5) is 9.19. The summed E-state index contributed by atoms with van der Waals surface area (Å²) in [6, 6.07) is 2.20. The van der Waals surface area contributed by atoms with Gasteiger partial charge >= 0.3 is 0 Å². The Bertz CT molecular complexity index is 349. The minimum absolute atomic E-state index is 0.694. The molecule has 0 amide bonds. The van der Waals surface area contributed by atoms with E-state index in [0.29, 0.717) is 6.42 Å². The van der Waals surface area contributed by atoms with E-state index in [-0.39, 0.29) is 0 Å². The van der Waals surface area contributed by atoms with Gasteiger partial charge in [-0.1, -0.05) is 0 Å². The van der Waals surface area contributed by atoms with Gasteiger partial charge in [0.05, 0.1) is 6.07 Å². The molecule has 0 N–H and O–H groups in total. The van der Waals surface area contributed by atoms with Crippen LogP contribution in [0.25, 0.3) is 0 Å². The maximum absolute atomic E-state index is 8.47. The Morgan fingerprint density at radius 2 is 2.12 bits per heavy atom. The van der Waals surface area contributed by atoms with E-state index in [0.717, 1.165) is 50.7 Å². The smallest absolute Gasteiger partial charge is 0.185 e. The Morgan fingerprint density at radius 3 is 2.76 bits per heavy atom. The van der Waals surface area contributed by atoms with Crippen molar-refractivity contribution < 1.29 is 0 Å². The highest BCUT2D eigenvalue weighted by atomic mass is 32.1. The third-order valence-corrected chi connectivity index (χ3v) is 3.91. The van der Waals surface area contributed by atoms with E-state index < -0.39 is 0 Å². The van der Waals surface area contributed by atoms with Crippen LogP contribution in [0.4, 0.5) is 5.13 Å². The first-order chi connectivity index (χ1) is 8.40. The molecule has 4 nitrogen and oxygen atoms in total. The third-order valence-electron chi connectivity index (χ3n) is 3.08. The number of rotatable bonds is 5. The molecule has 0 aromatic carbocycles. The quantitative estimate of drug-likeness (QED) is 0.749. The van der Waals surface area contributed by atoms with Crippen LogP contribution in [0.5, 0.6) is 0 Å². The van der Waals surface area contributed by atoms with Crippen molar-refractivity contribution in [3.8, 4) is 6.07 Å². The molecule has 1 fully saturated rings. The van der Waals surface area contributed by atoms with Crippen LogP contribution in [0.3, 0.4) is 0 Å². The fraction of sp³-hybridized carbons (Fsp3) is 0.667. The summed E-state index contributed by atoms with van der Waals surface area (Å²) in [5.74, 6) is 0. The standard InChI is InChI=1S/C12H18N4S/c13-4-2-1-3-6-15-7-9-16(10-8-15)12-14-5-11-17-12/h5,11H,1-3,6-10H2. The number of hydrogen-bond donors (Lipinski definition) is 0. The Balaban J connectivity index is 1.66. The lowest BCUT2D eigenvalue weighted by Gasteiger charge is -2.34. The Hall–Kier alpha value is -1.12. The van der Waals surface area contributed by atoms with Crippen LogP contribution in [-0.2, 0) is 0 Å². The molecule has 2 rings (SSSR count). The Morgan fingerprint density at radius 1 is 1.29 bits per heavy atom. The average molecular weight is 250 g/mol. The van der Waals surface area contributed by atoms with Crippen molar-refractivity contribution in [3.63, 3.8) is 0 Å². The summed E-state index contributed by atoms with van der Waals surface area (Å²) in [5.41, 5.74) is 0. The summed E-state index contributed by atoms with van der Waals surface area (Å²) in [5, 5.41) is 11.6. The van der Waals surface area contributed by atoms with Gasteiger partial charge in [-0.2, -0.15) is 5.26 Å². The van der Waals surface area contributed by atoms with Crippen LogP contribution in [0, 0.1) is 11.3 Å². The van der Waals surface area contributed by atoms with Gasteiger partial charge in [0.15, 0.2) is 5.13 Å². The second kappa shape index (κ2) is 6.58. The average Bonchev–Trinajstić information content (AvgIpc) is 2.89. The molecule has 0 saturated carbocycles. The maximum Gasteiger partial charge on any atom is 0.185 e. The summed E-state index contributed by atoms with van der Waals surface area (Å²) < 4.78 is 0. The van der Waals surface area contributed by atoms with E-state index in [9.17, 15) is 0 Å². The third kappa shape index (κ3) is 3.69. The minimum Gasteiger partial charge on any atom is -0.346 e. The highest BCUT2D eigenvalue weighted by Crippen LogP contribution is 2.18. The van der Waals surface area contributed by atoms with Crippen molar-refractivity contribution in [2.24, 2.45) is 0 Å². The summed E-state index contributed by atoms with van der Waals surface area (Å²) in [7, 11) is 0. The molecule has 1 saturated heterocycles. The normalized spacial score (nSPS) is 17.0. The van der Waals surface area contributed by atoms with E-state index in [4.69, 9.17) is 5.26 Å². The van der Waals surface area contributed by atoms with E-state index >= 15 is 0 Å². The zero-order chi connectivity index (χ0) is 11.9. The molecule has 92 valence electrons. The van der Waals surface area contributed by atoms with E-state index in [2.05, 4.69) is 20.9 Å². The zero-order valence-corrected chi connectivity index (χ0v) is 10.8. The summed E-state index contributed by atoms with van der Waals surface area (Å²) in [6.45, 7) is 5.52. The molecule has 0 bridgehead atoms. The molecule has 0 radical (unpaired) electrons. The van der Waals surface area contributed by atoms with Crippen molar-refractivity contribution in [1.29, 1.82) is 5.26 Å². The van der Waals surface area contributed by atoms with Crippen LogP contribution in [-0.4, -0.2) is 42.6 Å². The molecule has 5 heteroatoms. The predicted molar refractivity (Wildman–Crippen MR) is 70.2 cm³/mol. The van der Waals surface area contributed by atoms with Crippen LogP contribution in [0.15, 0.2) is 11.6 Å². The number of piperazine rings is 1. The van der Waals surface area contributed by atoms with Crippen molar-refractivity contribution in [3.05, 3.63) is 11.6 Å². The Labute approximate surface area is 106 Å². The van der Waals surface area contributed by atoms with Gasteiger partial charge in [-0.15, -0.1) is 11.3 Å². The van der Waals surface area contributed by atoms with Gasteiger partial charge in [0.2, 0.25) is 0 Å². The highest BCUT2D eigenvalue weighted by molar-refractivity contribution is 7.13. The molecule has 0 spiro atoms. The van der Waals surface area contributed by atoms with Gasteiger partial charge in [0, 0.05) is 44.2 Å². The zero-order valence-electron chi connectivity index (χ0n) is 10.0. The van der Waals surface area contributed by atoms with Gasteiger partial charge in [-0.05, 0) is 19.4 Å². The lowest BCUT2D eigenvalue weighted by atomic mass is 10.2. The van der Waals surface area contributed by atoms with Gasteiger partial charge in [0.25, 0.3) is 0 Å². The molecule has 0 unspecified atom stereocenters. The Kier molecular flexibility index (Phi) is 4.77. The van der Waals surface area contributed by atoms with Crippen LogP contribution >= 0.6 is 11.3 Å². The number of nitrogens with zero attached hydrogens (tertiary/aromatic N) is 4.